The van der Waals surface area contributed by atoms with E-state index in [0.29, 0.717) is 11.6 Å². The molecule has 17 heavy (non-hydrogen) atoms. The van der Waals surface area contributed by atoms with E-state index in [1.807, 2.05) is 38.1 Å². The molecule has 1 aliphatic heterocycles. The van der Waals surface area contributed by atoms with Crippen molar-refractivity contribution in [2.24, 2.45) is 10.7 Å². The molecule has 0 bridgehead atoms. The molecule has 0 saturated heterocycles. The van der Waals surface area contributed by atoms with Gasteiger partial charge in [0, 0.05) is 15.3 Å². The predicted molar refractivity (Wildman–Crippen MR) is 75.6 cm³/mol. The summed E-state index contributed by atoms with van der Waals surface area (Å²) >= 11 is 3.43. The van der Waals surface area contributed by atoms with Gasteiger partial charge in [0.1, 0.15) is 5.84 Å². The first-order valence-corrected chi connectivity index (χ1v) is 7.50. The third-order valence-electron chi connectivity index (χ3n) is 3.02. The number of nitrogens with zero attached hydrogens (tertiary/aromatic N) is 1. The Labute approximate surface area is 112 Å². The topological polar surface area (TPSA) is 55.4 Å². The molecule has 0 spiro atoms. The zero-order valence-electron chi connectivity index (χ0n) is 9.81. The van der Waals surface area contributed by atoms with Gasteiger partial charge in [-0.1, -0.05) is 28.1 Å². The predicted octanol–water partition coefficient (Wildman–Crippen LogP) is 2.39. The van der Waals surface area contributed by atoms with Gasteiger partial charge in [0.15, 0.2) is 0 Å². The Kier molecular flexibility index (Phi) is 3.41. The van der Waals surface area contributed by atoms with Gasteiger partial charge in [0.2, 0.25) is 0 Å². The van der Waals surface area contributed by atoms with Crippen LogP contribution in [0.3, 0.4) is 0 Å². The lowest BCUT2D eigenvalue weighted by Gasteiger charge is -2.31. The number of aliphatic imine (C=N–C) groups is 1. The van der Waals surface area contributed by atoms with Crippen molar-refractivity contribution in [1.82, 2.24) is 0 Å². The third kappa shape index (κ3) is 2.45. The van der Waals surface area contributed by atoms with E-state index in [0.717, 1.165) is 10.0 Å². The first kappa shape index (κ1) is 12.8. The van der Waals surface area contributed by atoms with Crippen molar-refractivity contribution >= 4 is 32.6 Å². The van der Waals surface area contributed by atoms with Gasteiger partial charge in [0.05, 0.1) is 16.5 Å². The second-order valence-corrected chi connectivity index (χ2v) is 7.57. The smallest absolute Gasteiger partial charge is 0.113 e. The molecule has 3 nitrogen and oxygen atoms in total. The van der Waals surface area contributed by atoms with Gasteiger partial charge in [-0.05, 0) is 31.5 Å². The fraction of sp³-hybridized carbons (Fsp3) is 0.417. The van der Waals surface area contributed by atoms with Crippen molar-refractivity contribution < 1.29 is 4.21 Å². The normalized spacial score (nSPS) is 27.6. The van der Waals surface area contributed by atoms with Crippen molar-refractivity contribution in [3.63, 3.8) is 0 Å². The van der Waals surface area contributed by atoms with E-state index in [1.165, 1.54) is 0 Å². The molecule has 92 valence electrons. The third-order valence-corrected chi connectivity index (χ3v) is 5.48. The average molecular weight is 315 g/mol. The molecule has 0 fully saturated rings. The molecule has 0 radical (unpaired) electrons. The number of rotatable bonds is 1. The minimum Gasteiger partial charge on any atom is -0.386 e. The molecular weight excluding hydrogens is 300 g/mol. The van der Waals surface area contributed by atoms with Gasteiger partial charge in [-0.3, -0.25) is 9.20 Å². The quantitative estimate of drug-likeness (QED) is 0.865. The number of halogens is 1. The highest BCUT2D eigenvalue weighted by atomic mass is 79.9. The number of hydrogen-bond acceptors (Lipinski definition) is 3. The van der Waals surface area contributed by atoms with Crippen molar-refractivity contribution in [2.45, 2.75) is 24.6 Å². The summed E-state index contributed by atoms with van der Waals surface area (Å²) < 4.78 is 12.6. The maximum Gasteiger partial charge on any atom is 0.113 e. The zero-order valence-corrected chi connectivity index (χ0v) is 12.2. The number of benzene rings is 1. The van der Waals surface area contributed by atoms with Crippen LogP contribution in [0.1, 0.15) is 25.5 Å². The van der Waals surface area contributed by atoms with Crippen LogP contribution in [0.15, 0.2) is 33.7 Å². The van der Waals surface area contributed by atoms with Crippen molar-refractivity contribution in [2.75, 3.05) is 5.75 Å². The van der Waals surface area contributed by atoms with Crippen LogP contribution in [0, 0.1) is 0 Å². The van der Waals surface area contributed by atoms with Gasteiger partial charge in [0.25, 0.3) is 0 Å². The summed E-state index contributed by atoms with van der Waals surface area (Å²) in [5.74, 6) is 1.01. The summed E-state index contributed by atoms with van der Waals surface area (Å²) in [6.45, 7) is 3.75. The second kappa shape index (κ2) is 4.53. The lowest BCUT2D eigenvalue weighted by Crippen LogP contribution is -2.47. The molecule has 0 aromatic heterocycles. The van der Waals surface area contributed by atoms with Crippen molar-refractivity contribution in [3.8, 4) is 0 Å². The van der Waals surface area contributed by atoms with Gasteiger partial charge in [-0.15, -0.1) is 0 Å². The highest BCUT2D eigenvalue weighted by molar-refractivity contribution is 9.10. The summed E-state index contributed by atoms with van der Waals surface area (Å²) in [6, 6.07) is 7.80. The van der Waals surface area contributed by atoms with Crippen LogP contribution in [0.4, 0.5) is 0 Å². The highest BCUT2D eigenvalue weighted by Crippen LogP contribution is 2.30. The van der Waals surface area contributed by atoms with Crippen LogP contribution in [0.5, 0.6) is 0 Å². The average Bonchev–Trinajstić information content (AvgIpc) is 2.26. The van der Waals surface area contributed by atoms with E-state index in [1.54, 1.807) is 0 Å². The van der Waals surface area contributed by atoms with Crippen LogP contribution in [0.25, 0.3) is 0 Å². The van der Waals surface area contributed by atoms with E-state index in [4.69, 9.17) is 5.73 Å². The Balaban J connectivity index is 2.38. The molecule has 0 aliphatic carbocycles. The molecular formula is C12H15BrN2OS. The fourth-order valence-corrected chi connectivity index (χ4v) is 3.39. The minimum atomic E-state index is -0.989. The monoisotopic (exact) mass is 314 g/mol. The van der Waals surface area contributed by atoms with E-state index >= 15 is 0 Å². The Bertz CT molecular complexity index is 499. The number of amidine groups is 1. The second-order valence-electron chi connectivity index (χ2n) is 4.61. The molecule has 5 heteroatoms. The standard InChI is InChI=1S/C12H15BrN2OS/c1-12(2)11(14)15-10(7-17(12)16)8-4-3-5-9(13)6-8/h3-6,10H,7H2,1-2H3,(H2,14,15). The highest BCUT2D eigenvalue weighted by Gasteiger charge is 2.36. The van der Waals surface area contributed by atoms with Gasteiger partial charge in [-0.2, -0.15) is 0 Å². The van der Waals surface area contributed by atoms with E-state index in [9.17, 15) is 4.21 Å². The SMILES string of the molecule is CC1(C)C(N)=NC(c2cccc(Br)c2)CS1=O. The molecule has 2 N–H and O–H groups in total. The largest absolute Gasteiger partial charge is 0.386 e. The van der Waals surface area contributed by atoms with Gasteiger partial charge >= 0.3 is 0 Å². The molecule has 1 aromatic carbocycles. The Morgan fingerprint density at radius 2 is 2.24 bits per heavy atom. The molecule has 1 heterocycles. The van der Waals surface area contributed by atoms with Gasteiger partial charge in [-0.25, -0.2) is 0 Å². The summed E-state index contributed by atoms with van der Waals surface area (Å²) in [7, 11) is -0.989. The van der Waals surface area contributed by atoms with Crippen LogP contribution in [0.2, 0.25) is 0 Å². The molecule has 1 aliphatic rings. The minimum absolute atomic E-state index is 0.0960. The van der Waals surface area contributed by atoms with Gasteiger partial charge < -0.3 is 5.73 Å². The maximum absolute atomic E-state index is 12.1. The Hall–Kier alpha value is -0.680. The van der Waals surface area contributed by atoms with Crippen LogP contribution in [-0.2, 0) is 10.8 Å². The Morgan fingerprint density at radius 1 is 1.53 bits per heavy atom. The zero-order chi connectivity index (χ0) is 12.6. The van der Waals surface area contributed by atoms with Crippen molar-refractivity contribution in [3.05, 3.63) is 34.3 Å². The van der Waals surface area contributed by atoms with Crippen molar-refractivity contribution in [1.29, 1.82) is 0 Å². The van der Waals surface area contributed by atoms with Crippen LogP contribution >= 0.6 is 15.9 Å². The Morgan fingerprint density at radius 3 is 2.82 bits per heavy atom. The lowest BCUT2D eigenvalue weighted by molar-refractivity contribution is 0.648. The molecule has 2 atom stereocenters. The molecule has 1 aromatic rings. The molecule has 2 rings (SSSR count). The van der Waals surface area contributed by atoms with E-state index in [-0.39, 0.29) is 6.04 Å². The fourth-order valence-electron chi connectivity index (χ4n) is 1.71. The first-order chi connectivity index (χ1) is 7.91. The lowest BCUT2D eigenvalue weighted by atomic mass is 10.1. The number of hydrogen-bond donors (Lipinski definition) is 1. The summed E-state index contributed by atoms with van der Waals surface area (Å²) in [5.41, 5.74) is 6.96. The number of nitrogens with two attached hydrogens (primary N) is 1. The molecule has 0 saturated carbocycles. The summed E-state index contributed by atoms with van der Waals surface area (Å²) in [5, 5.41) is 0. The molecule has 0 amide bonds. The maximum atomic E-state index is 12.1. The van der Waals surface area contributed by atoms with Crippen LogP contribution < -0.4 is 5.73 Å². The first-order valence-electron chi connectivity index (χ1n) is 5.39. The summed E-state index contributed by atoms with van der Waals surface area (Å²) in [6.07, 6.45) is 0. The summed E-state index contributed by atoms with van der Waals surface area (Å²) in [4.78, 5) is 4.48. The van der Waals surface area contributed by atoms with E-state index in [2.05, 4.69) is 20.9 Å². The van der Waals surface area contributed by atoms with E-state index < -0.39 is 15.5 Å². The van der Waals surface area contributed by atoms with Crippen LogP contribution in [-0.4, -0.2) is 20.5 Å². The molecule has 2 unspecified atom stereocenters.